The number of hydrogen-bond donors (Lipinski definition) is 2. The van der Waals surface area contributed by atoms with Crippen molar-refractivity contribution >= 4 is 52.1 Å². The van der Waals surface area contributed by atoms with E-state index in [0.29, 0.717) is 11.2 Å². The standard InChI is InChI=1S/C44H29N5O2/c50-49(51)44-38-26-25-36(47-38)41(30-17-9-3-10-18-30)34-22-21-33(45-34)40(29-15-7-2-8-16-29)35-23-24-37(46-35)42(31-19-11-4-12-20-31)43-32(27-39(44)48-43)28-13-5-1-6-14-28/h1-27,45,48H. The van der Waals surface area contributed by atoms with E-state index in [1.807, 2.05) is 140 Å². The van der Waals surface area contributed by atoms with Crippen LogP contribution in [0.5, 0.6) is 0 Å². The van der Waals surface area contributed by atoms with Gasteiger partial charge < -0.3 is 9.97 Å². The van der Waals surface area contributed by atoms with Crippen LogP contribution in [-0.4, -0.2) is 24.9 Å². The molecular weight excluding hydrogens is 631 g/mol. The molecule has 5 heterocycles. The van der Waals surface area contributed by atoms with Crippen LogP contribution < -0.4 is 0 Å². The van der Waals surface area contributed by atoms with Crippen molar-refractivity contribution in [2.75, 3.05) is 0 Å². The van der Waals surface area contributed by atoms with E-state index in [-0.39, 0.29) is 16.3 Å². The third-order valence-electron chi connectivity index (χ3n) is 9.29. The topological polar surface area (TPSA) is 100 Å². The minimum absolute atomic E-state index is 0.111. The number of nitrogens with one attached hydrogen (secondary N) is 2. The van der Waals surface area contributed by atoms with Gasteiger partial charge in [-0.3, -0.25) is 10.1 Å². The molecule has 7 aromatic rings. The molecule has 2 aliphatic heterocycles. The molecule has 4 aromatic carbocycles. The molecule has 8 bridgehead atoms. The number of hydrogen-bond acceptors (Lipinski definition) is 4. The molecule has 2 N–H and O–H groups in total. The number of nitrogens with zero attached hydrogens (tertiary/aromatic N) is 3. The summed E-state index contributed by atoms with van der Waals surface area (Å²) in [4.78, 5) is 30.1. The van der Waals surface area contributed by atoms with Gasteiger partial charge in [0.2, 0.25) is 0 Å². The van der Waals surface area contributed by atoms with Crippen LogP contribution in [0, 0.1) is 10.1 Å². The highest BCUT2D eigenvalue weighted by Crippen LogP contribution is 2.40. The average molecular weight is 660 g/mol. The molecular formula is C44H29N5O2. The summed E-state index contributed by atoms with van der Waals surface area (Å²) >= 11 is 0. The quantitative estimate of drug-likeness (QED) is 0.142. The van der Waals surface area contributed by atoms with Crippen molar-refractivity contribution in [3.05, 3.63) is 172 Å². The molecule has 2 aliphatic rings. The van der Waals surface area contributed by atoms with Crippen LogP contribution in [0.4, 0.5) is 5.69 Å². The van der Waals surface area contributed by atoms with Crippen molar-refractivity contribution in [2.24, 2.45) is 0 Å². The van der Waals surface area contributed by atoms with Gasteiger partial charge in [-0.2, -0.15) is 0 Å². The summed E-state index contributed by atoms with van der Waals surface area (Å²) in [5.74, 6) is 0. The van der Waals surface area contributed by atoms with Crippen LogP contribution in [0.25, 0.3) is 90.9 Å². The van der Waals surface area contributed by atoms with Crippen molar-refractivity contribution in [3.8, 4) is 44.5 Å². The summed E-state index contributed by atoms with van der Waals surface area (Å²) in [5.41, 5.74) is 12.4. The fourth-order valence-corrected chi connectivity index (χ4v) is 7.03. The second kappa shape index (κ2) is 12.4. The third kappa shape index (κ3) is 5.34. The Morgan fingerprint density at radius 3 is 1.35 bits per heavy atom. The van der Waals surface area contributed by atoms with Crippen molar-refractivity contribution in [1.82, 2.24) is 19.9 Å². The SMILES string of the molecule is O=[N+]([O-])c1c2nc(c(-c3ccccc3)c3ccc([nH]3)c(-c3ccccc3)c3nc(c(-c4ccccc4)c4[nH]c1cc4-c1ccccc1)C=C3)C=C2. The molecule has 0 spiro atoms. The predicted octanol–water partition coefficient (Wildman–Crippen LogP) is 11.2. The molecule has 242 valence electrons. The summed E-state index contributed by atoms with van der Waals surface area (Å²) in [5, 5.41) is 13.0. The fourth-order valence-electron chi connectivity index (χ4n) is 7.03. The first-order chi connectivity index (χ1) is 25.1. The van der Waals surface area contributed by atoms with Crippen LogP contribution in [0.1, 0.15) is 22.8 Å². The first-order valence-electron chi connectivity index (χ1n) is 16.7. The molecule has 0 aliphatic carbocycles. The average Bonchev–Trinajstić information content (AvgIpc) is 4.00. The van der Waals surface area contributed by atoms with Crippen molar-refractivity contribution in [1.29, 1.82) is 0 Å². The van der Waals surface area contributed by atoms with E-state index in [1.165, 1.54) is 0 Å². The Bertz CT molecular complexity index is 2690. The Labute approximate surface area is 293 Å². The highest BCUT2D eigenvalue weighted by atomic mass is 16.6. The van der Waals surface area contributed by atoms with Crippen LogP contribution in [0.2, 0.25) is 0 Å². The molecule has 0 saturated heterocycles. The Morgan fingerprint density at radius 2 is 0.863 bits per heavy atom. The van der Waals surface area contributed by atoms with Crippen molar-refractivity contribution in [2.45, 2.75) is 0 Å². The summed E-state index contributed by atoms with van der Waals surface area (Å²) in [6.45, 7) is 0. The molecule has 0 unspecified atom stereocenters. The zero-order valence-corrected chi connectivity index (χ0v) is 27.2. The second-order valence-corrected chi connectivity index (χ2v) is 12.4. The lowest BCUT2D eigenvalue weighted by atomic mass is 9.99. The largest absolute Gasteiger partial charge is 0.354 e. The highest BCUT2D eigenvalue weighted by molar-refractivity contribution is 6.02. The van der Waals surface area contributed by atoms with Crippen molar-refractivity contribution in [3.63, 3.8) is 0 Å². The van der Waals surface area contributed by atoms with Gasteiger partial charge in [0, 0.05) is 33.3 Å². The van der Waals surface area contributed by atoms with Gasteiger partial charge in [0.15, 0.2) is 0 Å². The van der Waals surface area contributed by atoms with Gasteiger partial charge in [0.1, 0.15) is 11.2 Å². The first-order valence-corrected chi connectivity index (χ1v) is 16.7. The molecule has 0 saturated carbocycles. The van der Waals surface area contributed by atoms with Gasteiger partial charge in [-0.15, -0.1) is 0 Å². The normalized spacial score (nSPS) is 11.9. The van der Waals surface area contributed by atoms with Gasteiger partial charge in [0.05, 0.1) is 27.5 Å². The van der Waals surface area contributed by atoms with Gasteiger partial charge >= 0.3 is 5.69 Å². The third-order valence-corrected chi connectivity index (χ3v) is 9.29. The Kier molecular flexibility index (Phi) is 7.29. The van der Waals surface area contributed by atoms with Gasteiger partial charge in [-0.1, -0.05) is 121 Å². The van der Waals surface area contributed by atoms with Crippen LogP contribution in [-0.2, 0) is 0 Å². The Morgan fingerprint density at radius 1 is 0.451 bits per heavy atom. The highest BCUT2D eigenvalue weighted by Gasteiger charge is 2.24. The van der Waals surface area contributed by atoms with E-state index in [9.17, 15) is 10.1 Å². The lowest BCUT2D eigenvalue weighted by Gasteiger charge is -2.07. The first kappa shape index (κ1) is 30.0. The molecule has 51 heavy (non-hydrogen) atoms. The van der Waals surface area contributed by atoms with E-state index in [0.717, 1.165) is 72.4 Å². The second-order valence-electron chi connectivity index (χ2n) is 12.4. The lowest BCUT2D eigenvalue weighted by Crippen LogP contribution is -1.93. The van der Waals surface area contributed by atoms with E-state index in [2.05, 4.69) is 28.2 Å². The molecule has 9 rings (SSSR count). The van der Waals surface area contributed by atoms with Crippen LogP contribution in [0.15, 0.2) is 140 Å². The number of nitro groups is 1. The zero-order chi connectivity index (χ0) is 34.3. The van der Waals surface area contributed by atoms with Gasteiger partial charge in [-0.25, -0.2) is 9.97 Å². The molecule has 0 fully saturated rings. The molecule has 0 radical (unpaired) electrons. The summed E-state index contributed by atoms with van der Waals surface area (Å²) < 4.78 is 0. The number of fused-ring (bicyclic) bond motifs is 8. The molecule has 0 amide bonds. The van der Waals surface area contributed by atoms with E-state index >= 15 is 0 Å². The summed E-state index contributed by atoms with van der Waals surface area (Å²) in [7, 11) is 0. The maximum absolute atomic E-state index is 13.0. The number of H-pyrrole nitrogens is 2. The number of rotatable bonds is 5. The Hall–Kier alpha value is -7.12. The fraction of sp³-hybridized carbons (Fsp3) is 0. The molecule has 0 atom stereocenters. The number of benzene rings is 4. The number of aromatic amines is 2. The molecule has 3 aromatic heterocycles. The molecule has 7 nitrogen and oxygen atoms in total. The zero-order valence-electron chi connectivity index (χ0n) is 27.2. The lowest BCUT2D eigenvalue weighted by molar-refractivity contribution is -0.383. The van der Waals surface area contributed by atoms with Crippen molar-refractivity contribution < 1.29 is 4.92 Å². The van der Waals surface area contributed by atoms with E-state index < -0.39 is 0 Å². The van der Waals surface area contributed by atoms with Gasteiger partial charge in [-0.05, 0) is 64.8 Å². The number of aromatic nitrogens is 4. The van der Waals surface area contributed by atoms with E-state index in [4.69, 9.17) is 9.97 Å². The predicted molar refractivity (Wildman–Crippen MR) is 207 cm³/mol. The minimum Gasteiger partial charge on any atom is -0.354 e. The summed E-state index contributed by atoms with van der Waals surface area (Å²) in [6, 6.07) is 46.2. The smallest absolute Gasteiger partial charge is 0.318 e. The van der Waals surface area contributed by atoms with Crippen LogP contribution in [0.3, 0.4) is 0 Å². The monoisotopic (exact) mass is 659 g/mol. The maximum atomic E-state index is 13.0. The Balaban J connectivity index is 1.53. The van der Waals surface area contributed by atoms with E-state index in [1.54, 1.807) is 6.08 Å². The maximum Gasteiger partial charge on any atom is 0.318 e. The molecule has 7 heteroatoms. The summed E-state index contributed by atoms with van der Waals surface area (Å²) in [6.07, 6.45) is 7.67. The van der Waals surface area contributed by atoms with Crippen LogP contribution >= 0.6 is 0 Å². The van der Waals surface area contributed by atoms with Gasteiger partial charge in [0.25, 0.3) is 0 Å². The minimum atomic E-state index is -0.350.